The van der Waals surface area contributed by atoms with E-state index < -0.39 is 0 Å². The van der Waals surface area contributed by atoms with Gasteiger partial charge in [0.25, 0.3) is 5.91 Å². The number of hydrogen-bond acceptors (Lipinski definition) is 4. The van der Waals surface area contributed by atoms with Gasteiger partial charge < -0.3 is 4.74 Å². The fraction of sp³-hybridized carbons (Fsp3) is 0.0800. The zero-order chi connectivity index (χ0) is 20.8. The Hall–Kier alpha value is -3.99. The molecule has 1 N–H and O–H groups in total. The van der Waals surface area contributed by atoms with Gasteiger partial charge in [0.2, 0.25) is 0 Å². The Morgan fingerprint density at radius 2 is 1.73 bits per heavy atom. The molecule has 1 heterocycles. The van der Waals surface area contributed by atoms with Crippen LogP contribution in [0.1, 0.15) is 27.2 Å². The van der Waals surface area contributed by atoms with E-state index in [1.165, 1.54) is 0 Å². The van der Waals surface area contributed by atoms with Crippen LogP contribution in [0.15, 0.2) is 90.0 Å². The molecule has 0 atom stereocenters. The summed E-state index contributed by atoms with van der Waals surface area (Å²) in [6.45, 7) is 2.33. The van der Waals surface area contributed by atoms with Crippen LogP contribution < -0.4 is 10.2 Å². The average Bonchev–Trinajstić information content (AvgIpc) is 2.78. The number of carbonyl (C=O) groups is 1. The summed E-state index contributed by atoms with van der Waals surface area (Å²) in [6.07, 6.45) is 1.59. The van der Waals surface area contributed by atoms with Gasteiger partial charge in [-0.25, -0.2) is 5.43 Å². The third-order valence-corrected chi connectivity index (χ3v) is 4.61. The van der Waals surface area contributed by atoms with E-state index >= 15 is 0 Å². The van der Waals surface area contributed by atoms with Gasteiger partial charge in [0, 0.05) is 16.6 Å². The number of amides is 1. The van der Waals surface area contributed by atoms with Gasteiger partial charge in [0.15, 0.2) is 0 Å². The summed E-state index contributed by atoms with van der Waals surface area (Å²) in [4.78, 5) is 17.2. The minimum atomic E-state index is -0.282. The van der Waals surface area contributed by atoms with Gasteiger partial charge in [0.1, 0.15) is 12.4 Å². The number of aryl methyl sites for hydroxylation is 1. The number of rotatable bonds is 6. The number of para-hydroxylation sites is 2. The molecule has 0 spiro atoms. The van der Waals surface area contributed by atoms with Crippen LogP contribution in [0.5, 0.6) is 5.75 Å². The number of hydrazone groups is 1. The summed E-state index contributed by atoms with van der Waals surface area (Å²) < 4.78 is 5.93. The zero-order valence-electron chi connectivity index (χ0n) is 16.6. The van der Waals surface area contributed by atoms with Crippen molar-refractivity contribution in [2.75, 3.05) is 0 Å². The quantitative estimate of drug-likeness (QED) is 0.374. The third kappa shape index (κ3) is 4.52. The van der Waals surface area contributed by atoms with Crippen LogP contribution in [0.2, 0.25) is 0 Å². The molecular formula is C25H21N3O2. The highest BCUT2D eigenvalue weighted by Crippen LogP contribution is 2.19. The smallest absolute Gasteiger partial charge is 0.272 e. The van der Waals surface area contributed by atoms with Crippen molar-refractivity contribution in [1.29, 1.82) is 0 Å². The lowest BCUT2D eigenvalue weighted by Crippen LogP contribution is -2.18. The van der Waals surface area contributed by atoms with Crippen molar-refractivity contribution < 1.29 is 9.53 Å². The first-order chi connectivity index (χ1) is 14.7. The summed E-state index contributed by atoms with van der Waals surface area (Å²) >= 11 is 0. The molecule has 0 bridgehead atoms. The van der Waals surface area contributed by atoms with Crippen LogP contribution in [0.25, 0.3) is 10.9 Å². The van der Waals surface area contributed by atoms with E-state index in [1.54, 1.807) is 12.3 Å². The minimum Gasteiger partial charge on any atom is -0.488 e. The number of nitrogens with one attached hydrogen (secondary N) is 1. The van der Waals surface area contributed by atoms with Crippen molar-refractivity contribution in [1.82, 2.24) is 10.4 Å². The third-order valence-electron chi connectivity index (χ3n) is 4.61. The van der Waals surface area contributed by atoms with Crippen LogP contribution in [0.3, 0.4) is 0 Å². The second kappa shape index (κ2) is 9.01. The molecule has 4 rings (SSSR count). The normalized spacial score (nSPS) is 11.0. The summed E-state index contributed by atoms with van der Waals surface area (Å²) in [5, 5.41) is 4.94. The Balaban J connectivity index is 1.48. The first-order valence-electron chi connectivity index (χ1n) is 9.66. The van der Waals surface area contributed by atoms with Crippen LogP contribution in [0.4, 0.5) is 0 Å². The Morgan fingerprint density at radius 3 is 2.60 bits per heavy atom. The lowest BCUT2D eigenvalue weighted by Gasteiger charge is -2.09. The number of ether oxygens (including phenoxy) is 1. The number of aromatic nitrogens is 1. The van der Waals surface area contributed by atoms with Crippen LogP contribution in [-0.2, 0) is 6.61 Å². The molecule has 30 heavy (non-hydrogen) atoms. The molecule has 148 valence electrons. The van der Waals surface area contributed by atoms with Crippen LogP contribution in [-0.4, -0.2) is 17.1 Å². The molecule has 0 saturated carbocycles. The van der Waals surface area contributed by atoms with Gasteiger partial charge in [-0.3, -0.25) is 9.78 Å². The lowest BCUT2D eigenvalue weighted by atomic mass is 10.1. The molecule has 0 saturated heterocycles. The van der Waals surface area contributed by atoms with Gasteiger partial charge in [-0.05, 0) is 36.8 Å². The lowest BCUT2D eigenvalue weighted by molar-refractivity contribution is 0.0956. The van der Waals surface area contributed by atoms with Gasteiger partial charge in [-0.1, -0.05) is 60.7 Å². The van der Waals surface area contributed by atoms with Crippen molar-refractivity contribution >= 4 is 23.0 Å². The molecular weight excluding hydrogens is 374 g/mol. The van der Waals surface area contributed by atoms with Crippen molar-refractivity contribution in [3.05, 3.63) is 107 Å². The van der Waals surface area contributed by atoms with E-state index in [0.29, 0.717) is 17.9 Å². The molecule has 5 nitrogen and oxygen atoms in total. The average molecular weight is 395 g/mol. The van der Waals surface area contributed by atoms with Gasteiger partial charge in [-0.2, -0.15) is 5.10 Å². The summed E-state index contributed by atoms with van der Waals surface area (Å²) in [6, 6.07) is 26.9. The number of fused-ring (bicyclic) bond motifs is 1. The molecule has 0 aliphatic heterocycles. The molecule has 0 fully saturated rings. The molecule has 5 heteroatoms. The molecule has 0 aliphatic carbocycles. The number of pyridine rings is 1. The topological polar surface area (TPSA) is 63.6 Å². The van der Waals surface area contributed by atoms with Crippen molar-refractivity contribution in [2.24, 2.45) is 5.10 Å². The second-order valence-corrected chi connectivity index (χ2v) is 6.84. The molecule has 0 unspecified atom stereocenters. The predicted octanol–water partition coefficient (Wildman–Crippen LogP) is 4.89. The molecule has 1 amide bonds. The number of hydrogen-bond donors (Lipinski definition) is 1. The van der Waals surface area contributed by atoms with Gasteiger partial charge >= 0.3 is 0 Å². The highest BCUT2D eigenvalue weighted by atomic mass is 16.5. The van der Waals surface area contributed by atoms with E-state index in [1.807, 2.05) is 85.8 Å². The Labute approximate surface area is 175 Å². The number of nitrogens with zero attached hydrogens (tertiary/aromatic N) is 2. The largest absolute Gasteiger partial charge is 0.488 e. The van der Waals surface area contributed by atoms with Crippen molar-refractivity contribution in [3.63, 3.8) is 0 Å². The van der Waals surface area contributed by atoms with Crippen LogP contribution >= 0.6 is 0 Å². The van der Waals surface area contributed by atoms with E-state index in [2.05, 4.69) is 15.5 Å². The number of benzene rings is 3. The highest BCUT2D eigenvalue weighted by molar-refractivity contribution is 6.06. The summed E-state index contributed by atoms with van der Waals surface area (Å²) in [7, 11) is 0. The van der Waals surface area contributed by atoms with E-state index in [9.17, 15) is 4.79 Å². The number of carbonyl (C=O) groups excluding carboxylic acids is 1. The highest BCUT2D eigenvalue weighted by Gasteiger charge is 2.11. The fourth-order valence-electron chi connectivity index (χ4n) is 3.17. The maximum absolute atomic E-state index is 12.7. The molecule has 3 aromatic carbocycles. The molecule has 0 radical (unpaired) electrons. The molecule has 4 aromatic rings. The van der Waals surface area contributed by atoms with Crippen molar-refractivity contribution in [2.45, 2.75) is 13.5 Å². The summed E-state index contributed by atoms with van der Waals surface area (Å²) in [5.41, 5.74) is 6.59. The van der Waals surface area contributed by atoms with Gasteiger partial charge in [-0.15, -0.1) is 0 Å². The van der Waals surface area contributed by atoms with E-state index in [4.69, 9.17) is 4.74 Å². The molecule has 1 aromatic heterocycles. The Bertz CT molecular complexity index is 1200. The van der Waals surface area contributed by atoms with E-state index in [-0.39, 0.29) is 5.91 Å². The Morgan fingerprint density at radius 1 is 1.00 bits per heavy atom. The van der Waals surface area contributed by atoms with Crippen molar-refractivity contribution in [3.8, 4) is 5.75 Å². The minimum absolute atomic E-state index is 0.282. The maximum Gasteiger partial charge on any atom is 0.272 e. The summed E-state index contributed by atoms with van der Waals surface area (Å²) in [5.74, 6) is 0.417. The monoisotopic (exact) mass is 395 g/mol. The fourth-order valence-corrected chi connectivity index (χ4v) is 3.17. The first-order valence-corrected chi connectivity index (χ1v) is 9.66. The molecule has 0 aliphatic rings. The van der Waals surface area contributed by atoms with E-state index in [0.717, 1.165) is 27.7 Å². The zero-order valence-corrected chi connectivity index (χ0v) is 16.6. The SMILES string of the molecule is Cc1cc(C(=O)NN=Cc2ccccc2OCc2ccccc2)c2ccccc2n1. The predicted molar refractivity (Wildman–Crippen MR) is 119 cm³/mol. The second-order valence-electron chi connectivity index (χ2n) is 6.84. The maximum atomic E-state index is 12.7. The van der Waals surface area contributed by atoms with Gasteiger partial charge in [0.05, 0.1) is 17.3 Å². The first kappa shape index (κ1) is 19.3. The van der Waals surface area contributed by atoms with Crippen LogP contribution in [0, 0.1) is 6.92 Å². The Kier molecular flexibility index (Phi) is 5.80. The standard InChI is InChI=1S/C25H21N3O2/c1-18-15-22(21-12-6-7-13-23(21)27-18)25(29)28-26-16-20-11-5-8-14-24(20)30-17-19-9-3-2-4-10-19/h2-16H,17H2,1H3,(H,28,29).